The minimum atomic E-state index is -0.434. The zero-order valence-electron chi connectivity index (χ0n) is 16.5. The summed E-state index contributed by atoms with van der Waals surface area (Å²) >= 11 is 4.74. The molecule has 2 aromatic rings. The van der Waals surface area contributed by atoms with Crippen LogP contribution in [0.15, 0.2) is 34.3 Å². The van der Waals surface area contributed by atoms with Crippen molar-refractivity contribution in [2.24, 2.45) is 10.8 Å². The lowest BCUT2D eigenvalue weighted by atomic mass is 10.0. The first kappa shape index (κ1) is 22.5. The molecule has 0 saturated heterocycles. The van der Waals surface area contributed by atoms with Crippen molar-refractivity contribution in [3.05, 3.63) is 45.7 Å². The Hall–Kier alpha value is -2.82. The van der Waals surface area contributed by atoms with Crippen molar-refractivity contribution in [2.45, 2.75) is 20.4 Å². The Labute approximate surface area is 174 Å². The molecule has 10 heteroatoms. The van der Waals surface area contributed by atoms with Crippen molar-refractivity contribution in [3.63, 3.8) is 0 Å². The second kappa shape index (κ2) is 10.6. The summed E-state index contributed by atoms with van der Waals surface area (Å²) in [7, 11) is 0. The monoisotopic (exact) mass is 418 g/mol. The van der Waals surface area contributed by atoms with Gasteiger partial charge in [0.1, 0.15) is 5.56 Å². The maximum Gasteiger partial charge on any atom is 0.256 e. The molecular formula is C19H26N6O3S. The third kappa shape index (κ3) is 5.83. The predicted molar refractivity (Wildman–Crippen MR) is 118 cm³/mol. The second-order valence-corrected chi connectivity index (χ2v) is 6.73. The summed E-state index contributed by atoms with van der Waals surface area (Å²) in [5.74, 6) is -0.434. The molecular weight excluding hydrogens is 392 g/mol. The van der Waals surface area contributed by atoms with Crippen molar-refractivity contribution < 1.29 is 9.90 Å². The number of carbonyl (C=O) groups is 1. The van der Waals surface area contributed by atoms with Gasteiger partial charge in [-0.1, -0.05) is 6.07 Å². The first-order valence-corrected chi connectivity index (χ1v) is 9.67. The first-order chi connectivity index (χ1) is 13.9. The fourth-order valence-electron chi connectivity index (χ4n) is 2.81. The molecule has 0 saturated carbocycles. The van der Waals surface area contributed by atoms with Crippen LogP contribution in [0.5, 0.6) is 0 Å². The molecule has 1 amide bonds. The summed E-state index contributed by atoms with van der Waals surface area (Å²) in [4.78, 5) is 25.5. The van der Waals surface area contributed by atoms with Gasteiger partial charge < -0.3 is 26.0 Å². The number of fused-ring (bicyclic) bond motifs is 1. The minimum absolute atomic E-state index is 0.0253. The van der Waals surface area contributed by atoms with E-state index in [9.17, 15) is 9.59 Å². The molecule has 0 unspecified atom stereocenters. The number of hydrogen-bond acceptors (Lipinski definition) is 6. The van der Waals surface area contributed by atoms with Crippen LogP contribution in [0.1, 0.15) is 29.8 Å². The van der Waals surface area contributed by atoms with Gasteiger partial charge in [-0.2, -0.15) is 5.10 Å². The van der Waals surface area contributed by atoms with E-state index in [1.54, 1.807) is 19.2 Å². The number of nitrogens with two attached hydrogens (primary N) is 1. The van der Waals surface area contributed by atoms with Crippen LogP contribution in [0, 0.1) is 0 Å². The van der Waals surface area contributed by atoms with Crippen LogP contribution in [0.2, 0.25) is 0 Å². The molecule has 0 aliphatic heterocycles. The van der Waals surface area contributed by atoms with Crippen molar-refractivity contribution in [3.8, 4) is 0 Å². The third-order valence-electron chi connectivity index (χ3n) is 4.29. The van der Waals surface area contributed by atoms with Gasteiger partial charge in [-0.15, -0.1) is 0 Å². The topological polar surface area (TPSA) is 134 Å². The van der Waals surface area contributed by atoms with Gasteiger partial charge in [0, 0.05) is 37.8 Å². The van der Waals surface area contributed by atoms with E-state index < -0.39 is 5.91 Å². The van der Waals surface area contributed by atoms with Crippen LogP contribution >= 0.6 is 12.2 Å². The normalized spacial score (nSPS) is 11.5. The Morgan fingerprint density at radius 1 is 1.31 bits per heavy atom. The number of aromatic nitrogens is 1. The summed E-state index contributed by atoms with van der Waals surface area (Å²) in [6.07, 6.45) is 1.58. The summed E-state index contributed by atoms with van der Waals surface area (Å²) < 4.78 is 1.86. The fraction of sp³-hybridized carbons (Fsp3) is 0.368. The third-order valence-corrected chi connectivity index (χ3v) is 4.38. The number of rotatable bonds is 9. The van der Waals surface area contributed by atoms with Gasteiger partial charge in [0.05, 0.1) is 17.8 Å². The van der Waals surface area contributed by atoms with E-state index in [0.29, 0.717) is 42.8 Å². The molecule has 0 aliphatic carbocycles. The van der Waals surface area contributed by atoms with Gasteiger partial charge in [-0.25, -0.2) is 0 Å². The van der Waals surface area contributed by atoms with Gasteiger partial charge >= 0.3 is 0 Å². The molecule has 9 nitrogen and oxygen atoms in total. The molecule has 0 aliphatic rings. The number of nitrogens with zero attached hydrogens (tertiary/aromatic N) is 2. The Kier molecular flexibility index (Phi) is 8.25. The lowest BCUT2D eigenvalue weighted by Gasteiger charge is -2.13. The van der Waals surface area contributed by atoms with Gasteiger partial charge in [0.15, 0.2) is 5.11 Å². The number of nitrogens with one attached hydrogen (secondary N) is 3. The molecule has 0 bridgehead atoms. The van der Waals surface area contributed by atoms with Gasteiger partial charge in [0.2, 0.25) is 5.43 Å². The maximum atomic E-state index is 13.0. The molecule has 0 radical (unpaired) electrons. The summed E-state index contributed by atoms with van der Waals surface area (Å²) in [6.45, 7) is 5.62. The molecule has 0 atom stereocenters. The Morgan fingerprint density at radius 2 is 2.07 bits per heavy atom. The SMILES string of the molecule is CCn1cc(C(=O)NCCNCCO)c(=O)c2cc(/C(C)=N/NC(N)=S)ccc21. The summed E-state index contributed by atoms with van der Waals surface area (Å²) in [5, 5.41) is 19.0. The summed E-state index contributed by atoms with van der Waals surface area (Å²) in [5.41, 5.74) is 9.70. The van der Waals surface area contributed by atoms with Crippen LogP contribution in [0.4, 0.5) is 0 Å². The van der Waals surface area contributed by atoms with E-state index in [-0.39, 0.29) is 22.7 Å². The highest BCUT2D eigenvalue weighted by Crippen LogP contribution is 2.15. The van der Waals surface area contributed by atoms with E-state index in [0.717, 1.165) is 5.52 Å². The molecule has 6 N–H and O–H groups in total. The number of hydrazone groups is 1. The van der Waals surface area contributed by atoms with E-state index in [1.165, 1.54) is 0 Å². The van der Waals surface area contributed by atoms with E-state index in [4.69, 9.17) is 23.1 Å². The molecule has 29 heavy (non-hydrogen) atoms. The van der Waals surface area contributed by atoms with Crippen molar-refractivity contribution in [2.75, 3.05) is 26.2 Å². The number of aliphatic hydroxyl groups is 1. The Balaban J connectivity index is 2.38. The average Bonchev–Trinajstić information content (AvgIpc) is 2.71. The highest BCUT2D eigenvalue weighted by Gasteiger charge is 2.15. The lowest BCUT2D eigenvalue weighted by Crippen LogP contribution is -2.35. The zero-order valence-corrected chi connectivity index (χ0v) is 17.3. The highest BCUT2D eigenvalue weighted by molar-refractivity contribution is 7.80. The van der Waals surface area contributed by atoms with Crippen LogP contribution < -0.4 is 27.2 Å². The molecule has 2 rings (SSSR count). The highest BCUT2D eigenvalue weighted by atomic mass is 32.1. The number of amides is 1. The quantitative estimate of drug-likeness (QED) is 0.166. The first-order valence-electron chi connectivity index (χ1n) is 9.26. The van der Waals surface area contributed by atoms with Crippen molar-refractivity contribution in [1.82, 2.24) is 20.6 Å². The average molecular weight is 419 g/mol. The number of carbonyl (C=O) groups excluding carboxylic acids is 1. The number of aliphatic hydroxyl groups excluding tert-OH is 1. The van der Waals surface area contributed by atoms with E-state index in [1.807, 2.05) is 23.6 Å². The Bertz CT molecular complexity index is 986. The number of thiocarbonyl (C=S) groups is 1. The molecule has 0 fully saturated rings. The predicted octanol–water partition coefficient (Wildman–Crippen LogP) is -0.110. The summed E-state index contributed by atoms with van der Waals surface area (Å²) in [6, 6.07) is 5.39. The van der Waals surface area contributed by atoms with Gasteiger partial charge in [0.25, 0.3) is 5.91 Å². The molecule has 1 heterocycles. The number of benzene rings is 1. The van der Waals surface area contributed by atoms with Crippen LogP contribution in [0.25, 0.3) is 10.9 Å². The van der Waals surface area contributed by atoms with Gasteiger partial charge in [-0.05, 0) is 43.8 Å². The fourth-order valence-corrected chi connectivity index (χ4v) is 2.86. The molecule has 0 spiro atoms. The van der Waals surface area contributed by atoms with Crippen LogP contribution in [-0.4, -0.2) is 52.6 Å². The lowest BCUT2D eigenvalue weighted by molar-refractivity contribution is 0.0952. The van der Waals surface area contributed by atoms with E-state index >= 15 is 0 Å². The van der Waals surface area contributed by atoms with Crippen LogP contribution in [-0.2, 0) is 6.54 Å². The largest absolute Gasteiger partial charge is 0.395 e. The smallest absolute Gasteiger partial charge is 0.256 e. The standard InChI is InChI=1S/C19H26N6O3S/c1-3-25-11-15(18(28)22-7-6-21-8-9-26)17(27)14-10-13(4-5-16(14)25)12(2)23-24-19(20)29/h4-5,10-11,21,26H,3,6-9H2,1-2H3,(H,22,28)(H3,20,24,29)/b23-12+. The number of aryl methyl sites for hydroxylation is 1. The maximum absolute atomic E-state index is 13.0. The van der Waals surface area contributed by atoms with Gasteiger partial charge in [-0.3, -0.25) is 15.0 Å². The van der Waals surface area contributed by atoms with Crippen molar-refractivity contribution >= 4 is 39.9 Å². The van der Waals surface area contributed by atoms with Crippen LogP contribution in [0.3, 0.4) is 0 Å². The number of hydrogen-bond donors (Lipinski definition) is 5. The zero-order chi connectivity index (χ0) is 21.4. The van der Waals surface area contributed by atoms with E-state index in [2.05, 4.69) is 21.2 Å². The minimum Gasteiger partial charge on any atom is -0.395 e. The molecule has 156 valence electrons. The Morgan fingerprint density at radius 3 is 2.72 bits per heavy atom. The van der Waals surface area contributed by atoms with Crippen molar-refractivity contribution in [1.29, 1.82) is 0 Å². The molecule has 1 aromatic carbocycles. The molecule has 1 aromatic heterocycles. The second-order valence-electron chi connectivity index (χ2n) is 6.29. The number of pyridine rings is 1.